The predicted molar refractivity (Wildman–Crippen MR) is 101 cm³/mol. The average molecular weight is 438 g/mol. The van der Waals surface area contributed by atoms with Gasteiger partial charge in [0.1, 0.15) is 5.75 Å². The van der Waals surface area contributed by atoms with Crippen LogP contribution in [0.2, 0.25) is 0 Å². The molecule has 0 unspecified atom stereocenters. The van der Waals surface area contributed by atoms with Crippen LogP contribution in [0.1, 0.15) is 12.0 Å². The molecule has 1 heterocycles. The normalized spacial score (nSPS) is 11.6. The summed E-state index contributed by atoms with van der Waals surface area (Å²) in [4.78, 5) is 11.1. The van der Waals surface area contributed by atoms with Gasteiger partial charge in [-0.2, -0.15) is 0 Å². The Balaban J connectivity index is 2.19. The largest absolute Gasteiger partial charge is 0.497 e. The van der Waals surface area contributed by atoms with Gasteiger partial charge in [0.05, 0.1) is 17.5 Å². The third-order valence-corrected chi connectivity index (χ3v) is 6.26. The van der Waals surface area contributed by atoms with Crippen molar-refractivity contribution >= 4 is 42.8 Å². The van der Waals surface area contributed by atoms with Crippen LogP contribution in [0.15, 0.2) is 58.0 Å². The van der Waals surface area contributed by atoms with Crippen LogP contribution in [0.5, 0.6) is 5.75 Å². The summed E-state index contributed by atoms with van der Waals surface area (Å²) in [6.45, 7) is 0. The standard InChI is InChI=1S/C18H16BrNO5S/c1-25-14-5-8-17-16(10-14)12(2-9-18(21)22)11-20(17)26(23,24)15-6-3-13(19)4-7-15/h3-8,10-11H,2,9H2,1H3,(H,21,22). The summed E-state index contributed by atoms with van der Waals surface area (Å²) in [6.07, 6.45) is 1.63. The highest BCUT2D eigenvalue weighted by Gasteiger charge is 2.22. The summed E-state index contributed by atoms with van der Waals surface area (Å²) >= 11 is 3.29. The van der Waals surface area contributed by atoms with Gasteiger partial charge in [-0.05, 0) is 54.4 Å². The average Bonchev–Trinajstić information content (AvgIpc) is 2.99. The Morgan fingerprint density at radius 3 is 2.50 bits per heavy atom. The Morgan fingerprint density at radius 1 is 1.19 bits per heavy atom. The Labute approximate surface area is 159 Å². The third-order valence-electron chi connectivity index (χ3n) is 4.04. The number of hydrogen-bond acceptors (Lipinski definition) is 4. The van der Waals surface area contributed by atoms with Crippen LogP contribution in [-0.2, 0) is 21.2 Å². The van der Waals surface area contributed by atoms with E-state index in [1.165, 1.54) is 29.4 Å². The third kappa shape index (κ3) is 3.47. The molecule has 0 bridgehead atoms. The summed E-state index contributed by atoms with van der Waals surface area (Å²) < 4.78 is 33.3. The lowest BCUT2D eigenvalue weighted by atomic mass is 10.1. The number of carbonyl (C=O) groups is 1. The van der Waals surface area contributed by atoms with Gasteiger partial charge < -0.3 is 9.84 Å². The molecule has 0 aliphatic rings. The molecule has 1 aromatic heterocycles. The van der Waals surface area contributed by atoms with E-state index in [2.05, 4.69) is 15.9 Å². The molecule has 0 aliphatic carbocycles. The zero-order valence-electron chi connectivity index (χ0n) is 13.8. The number of hydrogen-bond donors (Lipinski definition) is 1. The van der Waals surface area contributed by atoms with Crippen molar-refractivity contribution in [2.75, 3.05) is 7.11 Å². The van der Waals surface area contributed by atoms with Crippen molar-refractivity contribution in [3.8, 4) is 5.75 Å². The lowest BCUT2D eigenvalue weighted by molar-refractivity contribution is -0.136. The van der Waals surface area contributed by atoms with E-state index in [1.54, 1.807) is 30.3 Å². The number of nitrogens with zero attached hydrogens (tertiary/aromatic N) is 1. The quantitative estimate of drug-likeness (QED) is 0.635. The smallest absolute Gasteiger partial charge is 0.303 e. The maximum atomic E-state index is 13.1. The van der Waals surface area contributed by atoms with Gasteiger partial charge in [-0.3, -0.25) is 4.79 Å². The van der Waals surface area contributed by atoms with Gasteiger partial charge in [0, 0.05) is 22.5 Å². The summed E-state index contributed by atoms with van der Waals surface area (Å²) in [6, 6.07) is 11.4. The second-order valence-corrected chi connectivity index (χ2v) is 8.42. The van der Waals surface area contributed by atoms with Crippen molar-refractivity contribution in [1.82, 2.24) is 3.97 Å². The minimum atomic E-state index is -3.81. The summed E-state index contributed by atoms with van der Waals surface area (Å²) in [5.41, 5.74) is 1.12. The molecule has 0 spiro atoms. The molecule has 0 aliphatic heterocycles. The molecular weight excluding hydrogens is 422 g/mol. The second-order valence-electron chi connectivity index (χ2n) is 5.69. The number of rotatable bonds is 6. The van der Waals surface area contributed by atoms with Gasteiger partial charge in [0.2, 0.25) is 0 Å². The number of methoxy groups -OCH3 is 1. The number of fused-ring (bicyclic) bond motifs is 1. The number of halogens is 1. The topological polar surface area (TPSA) is 85.6 Å². The fraction of sp³-hybridized carbons (Fsp3) is 0.167. The van der Waals surface area contributed by atoms with Crippen LogP contribution >= 0.6 is 15.9 Å². The summed E-state index contributed by atoms with van der Waals surface area (Å²) in [5.74, 6) is -0.363. The molecule has 3 rings (SSSR count). The van der Waals surface area contributed by atoms with Crippen LogP contribution in [0.25, 0.3) is 10.9 Å². The van der Waals surface area contributed by atoms with Crippen LogP contribution in [0.4, 0.5) is 0 Å². The molecule has 0 fully saturated rings. The first-order valence-corrected chi connectivity index (χ1v) is 9.97. The van der Waals surface area contributed by atoms with Crippen molar-refractivity contribution < 1.29 is 23.1 Å². The fourth-order valence-corrected chi connectivity index (χ4v) is 4.39. The number of carboxylic acids is 1. The van der Waals surface area contributed by atoms with Crippen LogP contribution in [-0.4, -0.2) is 30.6 Å². The fourth-order valence-electron chi connectivity index (χ4n) is 2.73. The number of aromatic nitrogens is 1. The first-order valence-electron chi connectivity index (χ1n) is 7.74. The Kier molecular flexibility index (Phi) is 5.06. The van der Waals surface area contributed by atoms with E-state index in [1.807, 2.05) is 0 Å². The van der Waals surface area contributed by atoms with Crippen molar-refractivity contribution in [1.29, 1.82) is 0 Å². The van der Waals surface area contributed by atoms with Crippen LogP contribution in [0, 0.1) is 0 Å². The highest BCUT2D eigenvalue weighted by molar-refractivity contribution is 9.10. The van der Waals surface area contributed by atoms with E-state index in [9.17, 15) is 13.2 Å². The molecule has 0 saturated carbocycles. The molecule has 0 amide bonds. The molecule has 0 saturated heterocycles. The monoisotopic (exact) mass is 437 g/mol. The van der Waals surface area contributed by atoms with Gasteiger partial charge in [-0.25, -0.2) is 12.4 Å². The predicted octanol–water partition coefficient (Wildman–Crippen LogP) is 3.67. The van der Waals surface area contributed by atoms with E-state index < -0.39 is 16.0 Å². The molecule has 6 nitrogen and oxygen atoms in total. The minimum absolute atomic E-state index is 0.0886. The second kappa shape index (κ2) is 7.13. The van der Waals surface area contributed by atoms with E-state index in [0.29, 0.717) is 22.2 Å². The minimum Gasteiger partial charge on any atom is -0.497 e. The zero-order chi connectivity index (χ0) is 18.9. The molecule has 1 N–H and O–H groups in total. The number of aryl methyl sites for hydroxylation is 1. The van der Waals surface area contributed by atoms with Gasteiger partial charge in [0.25, 0.3) is 10.0 Å². The Hall–Kier alpha value is -2.32. The van der Waals surface area contributed by atoms with Gasteiger partial charge >= 0.3 is 5.97 Å². The molecule has 26 heavy (non-hydrogen) atoms. The molecule has 0 radical (unpaired) electrons. The SMILES string of the molecule is COc1ccc2c(c1)c(CCC(=O)O)cn2S(=O)(=O)c1ccc(Br)cc1. The molecule has 0 atom stereocenters. The van der Waals surface area contributed by atoms with Crippen LogP contribution in [0.3, 0.4) is 0 Å². The number of carboxylic acid groups (broad SMARTS) is 1. The molecule has 8 heteroatoms. The van der Waals surface area contributed by atoms with Crippen molar-refractivity contribution in [3.05, 3.63) is 58.7 Å². The lowest BCUT2D eigenvalue weighted by Crippen LogP contribution is -2.11. The number of benzene rings is 2. The molecule has 2 aromatic carbocycles. The molecule has 136 valence electrons. The lowest BCUT2D eigenvalue weighted by Gasteiger charge is -2.08. The van der Waals surface area contributed by atoms with Gasteiger partial charge in [0.15, 0.2) is 0 Å². The maximum absolute atomic E-state index is 13.1. The van der Waals surface area contributed by atoms with E-state index in [0.717, 1.165) is 4.47 Å². The van der Waals surface area contributed by atoms with E-state index >= 15 is 0 Å². The van der Waals surface area contributed by atoms with Crippen molar-refractivity contribution in [3.63, 3.8) is 0 Å². The maximum Gasteiger partial charge on any atom is 0.303 e. The first kappa shape index (κ1) is 18.5. The Morgan fingerprint density at radius 2 is 1.88 bits per heavy atom. The zero-order valence-corrected chi connectivity index (χ0v) is 16.2. The highest BCUT2D eigenvalue weighted by atomic mass is 79.9. The van der Waals surface area contributed by atoms with Crippen molar-refractivity contribution in [2.45, 2.75) is 17.7 Å². The first-order chi connectivity index (χ1) is 12.3. The van der Waals surface area contributed by atoms with Crippen LogP contribution < -0.4 is 4.74 Å². The van der Waals surface area contributed by atoms with Gasteiger partial charge in [-0.1, -0.05) is 15.9 Å². The highest BCUT2D eigenvalue weighted by Crippen LogP contribution is 2.30. The van der Waals surface area contributed by atoms with E-state index in [-0.39, 0.29) is 17.7 Å². The van der Waals surface area contributed by atoms with Crippen molar-refractivity contribution in [2.24, 2.45) is 0 Å². The number of aliphatic carboxylic acids is 1. The summed E-state index contributed by atoms with van der Waals surface area (Å²) in [5, 5.41) is 9.62. The van der Waals surface area contributed by atoms with E-state index in [4.69, 9.17) is 9.84 Å². The Bertz CT molecular complexity index is 1070. The molecular formula is C18H16BrNO5S. The number of ether oxygens (including phenoxy) is 1. The van der Waals surface area contributed by atoms with Gasteiger partial charge in [-0.15, -0.1) is 0 Å². The summed E-state index contributed by atoms with van der Waals surface area (Å²) in [7, 11) is -2.29. The molecule has 3 aromatic rings.